The molecule has 0 aliphatic carbocycles. The van der Waals surface area contributed by atoms with Crippen LogP contribution in [0.2, 0.25) is 0 Å². The fraction of sp³-hybridized carbons (Fsp3) is 0.190. The summed E-state index contributed by atoms with van der Waals surface area (Å²) in [7, 11) is 0. The number of alkyl halides is 2. The molecule has 0 spiro atoms. The maximum Gasteiger partial charge on any atom is 0.290 e. The van der Waals surface area contributed by atoms with Gasteiger partial charge in [-0.25, -0.2) is 4.98 Å². The van der Waals surface area contributed by atoms with Crippen LogP contribution < -0.4 is 16.8 Å². The summed E-state index contributed by atoms with van der Waals surface area (Å²) < 4.78 is 28.8. The Bertz CT molecular complexity index is 877. The number of pyridine rings is 1. The lowest BCUT2D eigenvalue weighted by atomic mass is 10.0. The van der Waals surface area contributed by atoms with Gasteiger partial charge in [-0.1, -0.05) is 48.5 Å². The Morgan fingerprint density at radius 1 is 0.852 bits per heavy atom. The predicted octanol–water partition coefficient (Wildman–Crippen LogP) is 4.24. The van der Waals surface area contributed by atoms with Crippen LogP contribution in [0.1, 0.15) is 16.7 Å². The first-order chi connectivity index (χ1) is 12.9. The number of aromatic nitrogens is 1. The maximum atomic E-state index is 14.4. The number of halogens is 2. The van der Waals surface area contributed by atoms with Gasteiger partial charge in [-0.15, -0.1) is 0 Å². The highest BCUT2D eigenvalue weighted by atomic mass is 19.3. The number of nitrogens with two attached hydrogens (primary N) is 2. The first-order valence-electron chi connectivity index (χ1n) is 8.71. The van der Waals surface area contributed by atoms with Crippen molar-refractivity contribution in [2.75, 3.05) is 23.3 Å². The molecule has 5 N–H and O–H groups in total. The lowest BCUT2D eigenvalue weighted by Gasteiger charge is -2.19. The molecule has 27 heavy (non-hydrogen) atoms. The zero-order valence-electron chi connectivity index (χ0n) is 14.8. The van der Waals surface area contributed by atoms with Gasteiger partial charge in [-0.05, 0) is 42.2 Å². The van der Waals surface area contributed by atoms with Gasteiger partial charge in [0.05, 0.1) is 6.54 Å². The van der Waals surface area contributed by atoms with Crippen molar-refractivity contribution in [2.45, 2.75) is 18.8 Å². The monoisotopic (exact) mass is 368 g/mol. The zero-order valence-corrected chi connectivity index (χ0v) is 14.8. The number of rotatable bonds is 7. The summed E-state index contributed by atoms with van der Waals surface area (Å²) in [6, 6.07) is 18.8. The summed E-state index contributed by atoms with van der Waals surface area (Å²) in [5, 5.41) is 2.90. The molecule has 0 saturated carbocycles. The fourth-order valence-electron chi connectivity index (χ4n) is 2.96. The topological polar surface area (TPSA) is 77.0 Å². The van der Waals surface area contributed by atoms with Crippen molar-refractivity contribution in [3.63, 3.8) is 0 Å². The Balaban J connectivity index is 1.69. The highest BCUT2D eigenvalue weighted by Crippen LogP contribution is 2.29. The van der Waals surface area contributed by atoms with Gasteiger partial charge in [0.15, 0.2) is 0 Å². The SMILES string of the molecule is Nc1cc(CCc2ccccc2NCC(F)(F)c2ccccc2)cc(N)n1. The van der Waals surface area contributed by atoms with E-state index < -0.39 is 12.5 Å². The average Bonchev–Trinajstić information content (AvgIpc) is 2.65. The molecule has 3 aromatic rings. The zero-order chi connectivity index (χ0) is 19.3. The summed E-state index contributed by atoms with van der Waals surface area (Å²) in [5.41, 5.74) is 14.1. The van der Waals surface area contributed by atoms with Crippen LogP contribution in [0.15, 0.2) is 66.7 Å². The first-order valence-corrected chi connectivity index (χ1v) is 8.71. The predicted molar refractivity (Wildman–Crippen MR) is 106 cm³/mol. The van der Waals surface area contributed by atoms with Crippen molar-refractivity contribution >= 4 is 17.3 Å². The molecule has 140 valence electrons. The summed E-state index contributed by atoms with van der Waals surface area (Å²) in [6.45, 7) is -0.469. The number of aryl methyl sites for hydroxylation is 2. The van der Waals surface area contributed by atoms with Crippen LogP contribution in [0.3, 0.4) is 0 Å². The second kappa shape index (κ2) is 8.03. The quantitative estimate of drug-likeness (QED) is 0.583. The molecular weight excluding hydrogens is 346 g/mol. The molecule has 2 aromatic carbocycles. The molecular formula is C21H22F2N4. The standard InChI is InChI=1S/C21H22F2N4/c22-21(23,17-7-2-1-3-8-17)14-26-18-9-5-4-6-16(18)11-10-15-12-19(24)27-20(25)13-15/h1-9,12-13,26H,10-11,14H2,(H4,24,25,27). The molecule has 3 rings (SSSR count). The summed E-state index contributed by atoms with van der Waals surface area (Å²) in [5.74, 6) is -2.21. The van der Waals surface area contributed by atoms with Gasteiger partial charge < -0.3 is 16.8 Å². The number of para-hydroxylation sites is 1. The van der Waals surface area contributed by atoms with Crippen molar-refractivity contribution in [3.8, 4) is 0 Å². The van der Waals surface area contributed by atoms with Crippen LogP contribution >= 0.6 is 0 Å². The Morgan fingerprint density at radius 3 is 2.19 bits per heavy atom. The minimum absolute atomic E-state index is 0.00211. The molecule has 0 radical (unpaired) electrons. The van der Waals surface area contributed by atoms with E-state index in [4.69, 9.17) is 11.5 Å². The lowest BCUT2D eigenvalue weighted by Crippen LogP contribution is -2.25. The van der Waals surface area contributed by atoms with Crippen LogP contribution in [-0.2, 0) is 18.8 Å². The van der Waals surface area contributed by atoms with Gasteiger partial charge in [-0.3, -0.25) is 0 Å². The van der Waals surface area contributed by atoms with Crippen LogP contribution in [-0.4, -0.2) is 11.5 Å². The van der Waals surface area contributed by atoms with Gasteiger partial charge in [0, 0.05) is 11.3 Å². The van der Waals surface area contributed by atoms with Crippen molar-refractivity contribution in [2.24, 2.45) is 0 Å². The molecule has 6 heteroatoms. The van der Waals surface area contributed by atoms with Crippen LogP contribution in [0.4, 0.5) is 26.1 Å². The molecule has 0 aliphatic rings. The largest absolute Gasteiger partial charge is 0.384 e. The summed E-state index contributed by atoms with van der Waals surface area (Å²) in [4.78, 5) is 3.95. The van der Waals surface area contributed by atoms with Gasteiger partial charge in [0.2, 0.25) is 0 Å². The molecule has 0 amide bonds. The van der Waals surface area contributed by atoms with E-state index in [1.165, 1.54) is 12.1 Å². The molecule has 0 fully saturated rings. The van der Waals surface area contributed by atoms with Crippen LogP contribution in [0.25, 0.3) is 0 Å². The van der Waals surface area contributed by atoms with Gasteiger partial charge in [0.25, 0.3) is 5.92 Å². The van der Waals surface area contributed by atoms with E-state index in [0.717, 1.165) is 11.1 Å². The second-order valence-electron chi connectivity index (χ2n) is 6.41. The van der Waals surface area contributed by atoms with Gasteiger partial charge >= 0.3 is 0 Å². The maximum absolute atomic E-state index is 14.4. The van der Waals surface area contributed by atoms with E-state index in [0.29, 0.717) is 30.2 Å². The summed E-state index contributed by atoms with van der Waals surface area (Å²) >= 11 is 0. The minimum Gasteiger partial charge on any atom is -0.384 e. The minimum atomic E-state index is -2.96. The van der Waals surface area contributed by atoms with E-state index in [-0.39, 0.29) is 5.56 Å². The molecule has 0 bridgehead atoms. The fourth-order valence-corrected chi connectivity index (χ4v) is 2.96. The van der Waals surface area contributed by atoms with E-state index in [2.05, 4.69) is 10.3 Å². The Morgan fingerprint density at radius 2 is 1.48 bits per heavy atom. The normalized spacial score (nSPS) is 11.3. The van der Waals surface area contributed by atoms with Crippen molar-refractivity contribution < 1.29 is 8.78 Å². The number of hydrogen-bond donors (Lipinski definition) is 3. The molecule has 0 saturated heterocycles. The smallest absolute Gasteiger partial charge is 0.290 e. The number of anilines is 3. The molecule has 1 heterocycles. The van der Waals surface area contributed by atoms with Gasteiger partial charge in [-0.2, -0.15) is 8.78 Å². The Kier molecular flexibility index (Phi) is 5.54. The van der Waals surface area contributed by atoms with Gasteiger partial charge in [0.1, 0.15) is 11.6 Å². The third-order valence-electron chi connectivity index (χ3n) is 4.32. The molecule has 4 nitrogen and oxygen atoms in total. The Labute approximate surface area is 157 Å². The highest BCUT2D eigenvalue weighted by molar-refractivity contribution is 5.52. The van der Waals surface area contributed by atoms with E-state index in [9.17, 15) is 8.78 Å². The van der Waals surface area contributed by atoms with E-state index >= 15 is 0 Å². The third kappa shape index (κ3) is 4.94. The van der Waals surface area contributed by atoms with E-state index in [1.54, 1.807) is 30.3 Å². The first kappa shape index (κ1) is 18.6. The van der Waals surface area contributed by atoms with Crippen molar-refractivity contribution in [1.29, 1.82) is 0 Å². The number of benzene rings is 2. The number of hydrogen-bond acceptors (Lipinski definition) is 4. The van der Waals surface area contributed by atoms with Crippen LogP contribution in [0.5, 0.6) is 0 Å². The number of nitrogens with zero attached hydrogens (tertiary/aromatic N) is 1. The second-order valence-corrected chi connectivity index (χ2v) is 6.41. The number of nitrogens with one attached hydrogen (secondary N) is 1. The summed E-state index contributed by atoms with van der Waals surface area (Å²) in [6.07, 6.45) is 1.35. The Hall–Kier alpha value is -3.15. The lowest BCUT2D eigenvalue weighted by molar-refractivity contribution is 0.0106. The highest BCUT2D eigenvalue weighted by Gasteiger charge is 2.31. The third-order valence-corrected chi connectivity index (χ3v) is 4.32. The molecule has 1 aromatic heterocycles. The van der Waals surface area contributed by atoms with Crippen LogP contribution in [0, 0.1) is 0 Å². The van der Waals surface area contributed by atoms with Crippen molar-refractivity contribution in [1.82, 2.24) is 4.98 Å². The van der Waals surface area contributed by atoms with E-state index in [1.807, 2.05) is 24.3 Å². The average molecular weight is 368 g/mol. The molecule has 0 atom stereocenters. The molecule has 0 aliphatic heterocycles. The molecule has 0 unspecified atom stereocenters. The number of nitrogen functional groups attached to an aromatic ring is 2. The van der Waals surface area contributed by atoms with Crippen molar-refractivity contribution in [3.05, 3.63) is 83.4 Å².